The van der Waals surface area contributed by atoms with Gasteiger partial charge in [0, 0.05) is 17.9 Å². The molecule has 0 amide bonds. The smallest absolute Gasteiger partial charge is 0.303 e. The molecular formula is C15H25N3O3. The average Bonchev–Trinajstić information content (AvgIpc) is 2.86. The highest BCUT2D eigenvalue weighted by atomic mass is 16.4. The summed E-state index contributed by atoms with van der Waals surface area (Å²) >= 11 is 0. The zero-order valence-corrected chi connectivity index (χ0v) is 13.1. The Balaban J connectivity index is 1.98. The van der Waals surface area contributed by atoms with Gasteiger partial charge in [0.1, 0.15) is 0 Å². The van der Waals surface area contributed by atoms with Crippen molar-refractivity contribution in [2.75, 3.05) is 6.54 Å². The van der Waals surface area contributed by atoms with Crippen molar-refractivity contribution in [3.8, 4) is 0 Å². The average molecular weight is 295 g/mol. The Kier molecular flexibility index (Phi) is 4.98. The van der Waals surface area contributed by atoms with Crippen molar-refractivity contribution >= 4 is 5.97 Å². The van der Waals surface area contributed by atoms with E-state index in [0.717, 1.165) is 25.8 Å². The standard InChI is InChI=1S/C15H25N3O3/c1-15(2,3)14-17-16-12(21-14)10-18-9-5-4-6-11(18)7-8-13(19)20/h11H,4-10H2,1-3H3,(H,19,20). The summed E-state index contributed by atoms with van der Waals surface area (Å²) in [6, 6.07) is 0.305. The van der Waals surface area contributed by atoms with Crippen LogP contribution in [0.25, 0.3) is 0 Å². The molecule has 2 rings (SSSR count). The zero-order valence-electron chi connectivity index (χ0n) is 13.1. The van der Waals surface area contributed by atoms with E-state index >= 15 is 0 Å². The first-order valence-corrected chi connectivity index (χ1v) is 7.65. The molecule has 1 aromatic rings. The molecule has 6 heteroatoms. The molecule has 0 bridgehead atoms. The maximum absolute atomic E-state index is 10.8. The third-order valence-electron chi connectivity index (χ3n) is 3.89. The summed E-state index contributed by atoms with van der Waals surface area (Å²) in [5, 5.41) is 17.1. The quantitative estimate of drug-likeness (QED) is 0.899. The Bertz CT molecular complexity index is 479. The van der Waals surface area contributed by atoms with Crippen molar-refractivity contribution in [2.45, 2.75) is 70.9 Å². The van der Waals surface area contributed by atoms with E-state index in [1.165, 1.54) is 0 Å². The van der Waals surface area contributed by atoms with Crippen LogP contribution in [0.4, 0.5) is 0 Å². The highest BCUT2D eigenvalue weighted by Gasteiger charge is 2.26. The van der Waals surface area contributed by atoms with Crippen LogP contribution < -0.4 is 0 Å². The molecule has 118 valence electrons. The molecule has 0 aromatic carbocycles. The molecule has 0 saturated carbocycles. The number of hydrogen-bond acceptors (Lipinski definition) is 5. The molecule has 1 saturated heterocycles. The third-order valence-corrected chi connectivity index (χ3v) is 3.89. The van der Waals surface area contributed by atoms with Gasteiger partial charge in [-0.1, -0.05) is 27.2 Å². The first-order valence-electron chi connectivity index (χ1n) is 7.65. The summed E-state index contributed by atoms with van der Waals surface area (Å²) in [5.41, 5.74) is -0.143. The van der Waals surface area contributed by atoms with Gasteiger partial charge in [0.15, 0.2) is 0 Å². The number of aromatic nitrogens is 2. The van der Waals surface area contributed by atoms with Crippen molar-refractivity contribution in [1.82, 2.24) is 15.1 Å². The minimum Gasteiger partial charge on any atom is -0.481 e. The Morgan fingerprint density at radius 3 is 2.76 bits per heavy atom. The molecule has 1 fully saturated rings. The third kappa shape index (κ3) is 4.52. The van der Waals surface area contributed by atoms with E-state index in [9.17, 15) is 4.79 Å². The van der Waals surface area contributed by atoms with Crippen LogP contribution in [0.2, 0.25) is 0 Å². The minimum absolute atomic E-state index is 0.143. The van der Waals surface area contributed by atoms with Gasteiger partial charge in [-0.3, -0.25) is 9.69 Å². The van der Waals surface area contributed by atoms with Crippen molar-refractivity contribution < 1.29 is 14.3 Å². The van der Waals surface area contributed by atoms with E-state index in [1.807, 2.05) is 20.8 Å². The highest BCUT2D eigenvalue weighted by Crippen LogP contribution is 2.24. The molecule has 1 aromatic heterocycles. The van der Waals surface area contributed by atoms with Crippen LogP contribution in [0.3, 0.4) is 0 Å². The number of piperidine rings is 1. The van der Waals surface area contributed by atoms with Gasteiger partial charge in [-0.05, 0) is 25.8 Å². The molecule has 1 N–H and O–H groups in total. The fraction of sp³-hybridized carbons (Fsp3) is 0.800. The lowest BCUT2D eigenvalue weighted by atomic mass is 9.97. The molecule has 0 aliphatic carbocycles. The van der Waals surface area contributed by atoms with Crippen molar-refractivity contribution in [2.24, 2.45) is 0 Å². The Morgan fingerprint density at radius 1 is 1.38 bits per heavy atom. The summed E-state index contributed by atoms with van der Waals surface area (Å²) in [5.74, 6) is 0.548. The van der Waals surface area contributed by atoms with Crippen LogP contribution >= 0.6 is 0 Å². The molecule has 6 nitrogen and oxygen atoms in total. The van der Waals surface area contributed by atoms with E-state index in [4.69, 9.17) is 9.52 Å². The van der Waals surface area contributed by atoms with Gasteiger partial charge in [-0.15, -0.1) is 10.2 Å². The van der Waals surface area contributed by atoms with Crippen LogP contribution in [0.5, 0.6) is 0 Å². The summed E-state index contributed by atoms with van der Waals surface area (Å²) in [6.07, 6.45) is 4.27. The molecule has 0 radical (unpaired) electrons. The summed E-state index contributed by atoms with van der Waals surface area (Å²) < 4.78 is 5.74. The fourth-order valence-corrected chi connectivity index (χ4v) is 2.68. The van der Waals surface area contributed by atoms with E-state index in [2.05, 4.69) is 15.1 Å². The monoisotopic (exact) mass is 295 g/mol. The Hall–Kier alpha value is -1.43. The molecule has 1 aliphatic heterocycles. The minimum atomic E-state index is -0.728. The summed E-state index contributed by atoms with van der Waals surface area (Å²) in [4.78, 5) is 13.0. The summed E-state index contributed by atoms with van der Waals surface area (Å²) in [7, 11) is 0. The topological polar surface area (TPSA) is 79.5 Å². The number of carboxylic acid groups (broad SMARTS) is 1. The SMILES string of the molecule is CC(C)(C)c1nnc(CN2CCCCC2CCC(=O)O)o1. The van der Waals surface area contributed by atoms with Gasteiger partial charge in [-0.2, -0.15) is 0 Å². The second kappa shape index (κ2) is 6.56. The maximum atomic E-state index is 10.8. The van der Waals surface area contributed by atoms with Gasteiger partial charge >= 0.3 is 5.97 Å². The van der Waals surface area contributed by atoms with Crippen LogP contribution in [-0.4, -0.2) is 38.8 Å². The lowest BCUT2D eigenvalue weighted by molar-refractivity contribution is -0.137. The van der Waals surface area contributed by atoms with E-state index in [1.54, 1.807) is 0 Å². The van der Waals surface area contributed by atoms with Crippen molar-refractivity contribution in [3.63, 3.8) is 0 Å². The van der Waals surface area contributed by atoms with Gasteiger partial charge in [-0.25, -0.2) is 0 Å². The van der Waals surface area contributed by atoms with Crippen molar-refractivity contribution in [3.05, 3.63) is 11.8 Å². The van der Waals surface area contributed by atoms with Gasteiger partial charge in [0.25, 0.3) is 0 Å². The predicted molar refractivity (Wildman–Crippen MR) is 77.9 cm³/mol. The van der Waals surface area contributed by atoms with Crippen LogP contribution in [0, 0.1) is 0 Å². The van der Waals surface area contributed by atoms with Crippen LogP contribution in [0.15, 0.2) is 4.42 Å². The zero-order chi connectivity index (χ0) is 15.5. The Labute approximate surface area is 125 Å². The van der Waals surface area contributed by atoms with E-state index in [-0.39, 0.29) is 11.8 Å². The van der Waals surface area contributed by atoms with Gasteiger partial charge in [0.2, 0.25) is 11.8 Å². The summed E-state index contributed by atoms with van der Waals surface area (Å²) in [6.45, 7) is 7.72. The van der Waals surface area contributed by atoms with Gasteiger partial charge < -0.3 is 9.52 Å². The number of rotatable bonds is 5. The van der Waals surface area contributed by atoms with Crippen LogP contribution in [0.1, 0.15) is 64.7 Å². The second-order valence-electron chi connectivity index (χ2n) is 6.80. The van der Waals surface area contributed by atoms with E-state index < -0.39 is 5.97 Å². The number of aliphatic carboxylic acids is 1. The largest absolute Gasteiger partial charge is 0.481 e. The number of likely N-dealkylation sites (tertiary alicyclic amines) is 1. The highest BCUT2D eigenvalue weighted by molar-refractivity contribution is 5.66. The normalized spacial score (nSPS) is 20.6. The number of carbonyl (C=O) groups is 1. The second-order valence-corrected chi connectivity index (χ2v) is 6.80. The maximum Gasteiger partial charge on any atom is 0.303 e. The fourth-order valence-electron chi connectivity index (χ4n) is 2.68. The Morgan fingerprint density at radius 2 is 2.14 bits per heavy atom. The first-order chi connectivity index (χ1) is 9.86. The predicted octanol–water partition coefficient (Wildman–Crippen LogP) is 2.59. The molecule has 1 aliphatic rings. The molecule has 1 unspecified atom stereocenters. The molecule has 2 heterocycles. The van der Waals surface area contributed by atoms with E-state index in [0.29, 0.717) is 30.8 Å². The number of carboxylic acids is 1. The lowest BCUT2D eigenvalue weighted by Crippen LogP contribution is -2.39. The lowest BCUT2D eigenvalue weighted by Gasteiger charge is -2.34. The van der Waals surface area contributed by atoms with Crippen molar-refractivity contribution in [1.29, 1.82) is 0 Å². The molecule has 21 heavy (non-hydrogen) atoms. The number of hydrogen-bond donors (Lipinski definition) is 1. The molecule has 1 atom stereocenters. The molecule has 0 spiro atoms. The van der Waals surface area contributed by atoms with Gasteiger partial charge in [0.05, 0.1) is 6.54 Å². The van der Waals surface area contributed by atoms with Crippen LogP contribution in [-0.2, 0) is 16.8 Å². The number of nitrogens with zero attached hydrogens (tertiary/aromatic N) is 3. The molecular weight excluding hydrogens is 270 g/mol. The first kappa shape index (κ1) is 15.9.